The minimum Gasteiger partial charge on any atom is -0.294 e. The molecule has 0 saturated carbocycles. The van der Waals surface area contributed by atoms with Crippen molar-refractivity contribution in [2.75, 3.05) is 0 Å². The van der Waals surface area contributed by atoms with E-state index in [0.29, 0.717) is 12.0 Å². The van der Waals surface area contributed by atoms with Gasteiger partial charge in [-0.15, -0.1) is 0 Å². The molecule has 0 aliphatic heterocycles. The van der Waals surface area contributed by atoms with Crippen LogP contribution in [-0.2, 0) is 6.54 Å². The van der Waals surface area contributed by atoms with Crippen LogP contribution >= 0.6 is 22.6 Å². The molecular formula is C13H12FIN2O. The lowest BCUT2D eigenvalue weighted by Gasteiger charge is -2.02. The maximum atomic E-state index is 12.7. The number of hydrogen-bond acceptors (Lipinski definition) is 2. The summed E-state index contributed by atoms with van der Waals surface area (Å²) in [5.41, 5.74) is 0.562. The summed E-state index contributed by atoms with van der Waals surface area (Å²) in [5, 5.41) is 4.15. The Morgan fingerprint density at radius 3 is 2.67 bits per heavy atom. The summed E-state index contributed by atoms with van der Waals surface area (Å²) in [7, 11) is 0. The summed E-state index contributed by atoms with van der Waals surface area (Å²) in [6, 6.07) is 5.66. The van der Waals surface area contributed by atoms with Crippen LogP contribution in [0.15, 0.2) is 36.7 Å². The average Bonchev–Trinajstić information content (AvgIpc) is 2.76. The fraction of sp³-hybridized carbons (Fsp3) is 0.231. The van der Waals surface area contributed by atoms with E-state index < -0.39 is 0 Å². The molecule has 0 unspecified atom stereocenters. The zero-order valence-corrected chi connectivity index (χ0v) is 11.8. The summed E-state index contributed by atoms with van der Waals surface area (Å²) >= 11 is 2.19. The van der Waals surface area contributed by atoms with Crippen molar-refractivity contribution in [2.24, 2.45) is 0 Å². The predicted molar refractivity (Wildman–Crippen MR) is 74.9 cm³/mol. The first kappa shape index (κ1) is 13.2. The van der Waals surface area contributed by atoms with Crippen LogP contribution < -0.4 is 0 Å². The van der Waals surface area contributed by atoms with Gasteiger partial charge >= 0.3 is 0 Å². The second-order valence-electron chi connectivity index (χ2n) is 3.96. The van der Waals surface area contributed by atoms with Crippen LogP contribution in [0.2, 0.25) is 0 Å². The summed E-state index contributed by atoms with van der Waals surface area (Å²) in [6.45, 7) is 0.718. The van der Waals surface area contributed by atoms with E-state index in [1.807, 2.05) is 10.9 Å². The van der Waals surface area contributed by atoms with Crippen molar-refractivity contribution < 1.29 is 9.18 Å². The minimum absolute atomic E-state index is 0.0388. The van der Waals surface area contributed by atoms with Gasteiger partial charge in [-0.05, 0) is 53.3 Å². The lowest BCUT2D eigenvalue weighted by molar-refractivity contribution is 0.0978. The van der Waals surface area contributed by atoms with Gasteiger partial charge in [0.15, 0.2) is 5.78 Å². The number of aryl methyl sites for hydroxylation is 1. The Labute approximate surface area is 118 Å². The number of halogens is 2. The maximum Gasteiger partial charge on any atom is 0.162 e. The number of rotatable bonds is 5. The Hall–Kier alpha value is -1.24. The molecule has 18 heavy (non-hydrogen) atoms. The van der Waals surface area contributed by atoms with Crippen LogP contribution in [0.25, 0.3) is 0 Å². The van der Waals surface area contributed by atoms with Crippen LogP contribution in [0.4, 0.5) is 4.39 Å². The molecule has 2 rings (SSSR count). The van der Waals surface area contributed by atoms with E-state index >= 15 is 0 Å². The van der Waals surface area contributed by atoms with Gasteiger partial charge in [-0.25, -0.2) is 4.39 Å². The van der Waals surface area contributed by atoms with Gasteiger partial charge in [-0.2, -0.15) is 5.10 Å². The van der Waals surface area contributed by atoms with Crippen LogP contribution in [0.3, 0.4) is 0 Å². The smallest absolute Gasteiger partial charge is 0.162 e. The van der Waals surface area contributed by atoms with Crippen LogP contribution in [0.1, 0.15) is 23.2 Å². The fourth-order valence-electron chi connectivity index (χ4n) is 1.64. The molecule has 3 nitrogen and oxygen atoms in total. The molecule has 0 amide bonds. The first-order chi connectivity index (χ1) is 8.65. The summed E-state index contributed by atoms with van der Waals surface area (Å²) in [6.07, 6.45) is 4.89. The van der Waals surface area contributed by atoms with Gasteiger partial charge in [0.1, 0.15) is 5.82 Å². The molecule has 0 spiro atoms. The van der Waals surface area contributed by atoms with Gasteiger partial charge in [0, 0.05) is 24.7 Å². The second kappa shape index (κ2) is 6.08. The summed E-state index contributed by atoms with van der Waals surface area (Å²) in [4.78, 5) is 11.8. The molecule has 0 N–H and O–H groups in total. The molecule has 0 aliphatic rings. The maximum absolute atomic E-state index is 12.7. The molecule has 1 aromatic heterocycles. The Morgan fingerprint density at radius 2 is 2.06 bits per heavy atom. The van der Waals surface area contributed by atoms with Crippen LogP contribution in [-0.4, -0.2) is 15.6 Å². The van der Waals surface area contributed by atoms with Crippen LogP contribution in [0, 0.1) is 9.39 Å². The highest BCUT2D eigenvalue weighted by Crippen LogP contribution is 2.08. The second-order valence-corrected chi connectivity index (χ2v) is 5.20. The van der Waals surface area contributed by atoms with E-state index in [2.05, 4.69) is 27.7 Å². The standard InChI is InChI=1S/C13H12FIN2O/c14-11-5-3-10(4-6-11)13(18)2-1-7-17-9-12(15)8-16-17/h3-6,8-9H,1-2,7H2. The van der Waals surface area contributed by atoms with Gasteiger partial charge in [-0.1, -0.05) is 0 Å². The molecule has 0 atom stereocenters. The fourth-order valence-corrected chi connectivity index (χ4v) is 2.09. The molecule has 0 aliphatic carbocycles. The monoisotopic (exact) mass is 358 g/mol. The van der Waals surface area contributed by atoms with Crippen molar-refractivity contribution in [1.82, 2.24) is 9.78 Å². The van der Waals surface area contributed by atoms with Crippen molar-refractivity contribution in [1.29, 1.82) is 0 Å². The largest absolute Gasteiger partial charge is 0.294 e. The van der Waals surface area contributed by atoms with Crippen molar-refractivity contribution in [2.45, 2.75) is 19.4 Å². The van der Waals surface area contributed by atoms with Crippen molar-refractivity contribution in [3.63, 3.8) is 0 Å². The molecule has 5 heteroatoms. The third-order valence-corrected chi connectivity index (χ3v) is 3.12. The third-order valence-electron chi connectivity index (χ3n) is 2.56. The number of carbonyl (C=O) groups is 1. The van der Waals surface area contributed by atoms with Gasteiger partial charge in [0.05, 0.1) is 9.77 Å². The highest BCUT2D eigenvalue weighted by atomic mass is 127. The Morgan fingerprint density at radius 1 is 1.33 bits per heavy atom. The van der Waals surface area contributed by atoms with Gasteiger partial charge in [0.2, 0.25) is 0 Å². The average molecular weight is 358 g/mol. The topological polar surface area (TPSA) is 34.9 Å². The Bertz CT molecular complexity index is 536. The van der Waals surface area contributed by atoms with Gasteiger partial charge in [0.25, 0.3) is 0 Å². The van der Waals surface area contributed by atoms with Crippen molar-refractivity contribution in [3.8, 4) is 0 Å². The SMILES string of the molecule is O=C(CCCn1cc(I)cn1)c1ccc(F)cc1. The first-order valence-corrected chi connectivity index (χ1v) is 6.70. The molecule has 0 bridgehead atoms. The Balaban J connectivity index is 1.83. The van der Waals surface area contributed by atoms with Crippen molar-refractivity contribution >= 4 is 28.4 Å². The van der Waals surface area contributed by atoms with Crippen LogP contribution in [0.5, 0.6) is 0 Å². The molecular weight excluding hydrogens is 346 g/mol. The van der Waals surface area contributed by atoms with Crippen molar-refractivity contribution in [3.05, 3.63) is 51.6 Å². The molecule has 0 radical (unpaired) electrons. The Kier molecular flexibility index (Phi) is 4.46. The minimum atomic E-state index is -0.322. The van der Waals surface area contributed by atoms with E-state index in [0.717, 1.165) is 16.5 Å². The van der Waals surface area contributed by atoms with Gasteiger partial charge < -0.3 is 0 Å². The highest BCUT2D eigenvalue weighted by molar-refractivity contribution is 14.1. The molecule has 1 aromatic carbocycles. The molecule has 2 aromatic rings. The number of Topliss-reactive ketones (excluding diaryl/α,β-unsaturated/α-hetero) is 1. The molecule has 0 fully saturated rings. The van der Waals surface area contributed by atoms with Gasteiger partial charge in [-0.3, -0.25) is 9.48 Å². The summed E-state index contributed by atoms with van der Waals surface area (Å²) in [5.74, 6) is -0.283. The first-order valence-electron chi connectivity index (χ1n) is 5.62. The zero-order valence-electron chi connectivity index (χ0n) is 9.64. The third kappa shape index (κ3) is 3.63. The summed E-state index contributed by atoms with van der Waals surface area (Å²) < 4.78 is 15.6. The normalized spacial score (nSPS) is 10.6. The number of nitrogens with zero attached hydrogens (tertiary/aromatic N) is 2. The number of ketones is 1. The lowest BCUT2D eigenvalue weighted by atomic mass is 10.1. The van der Waals surface area contributed by atoms with E-state index in [-0.39, 0.29) is 11.6 Å². The van der Waals surface area contributed by atoms with E-state index in [1.54, 1.807) is 6.20 Å². The molecule has 1 heterocycles. The van der Waals surface area contributed by atoms with E-state index in [9.17, 15) is 9.18 Å². The quantitative estimate of drug-likeness (QED) is 0.607. The number of benzene rings is 1. The highest BCUT2D eigenvalue weighted by Gasteiger charge is 2.06. The zero-order chi connectivity index (χ0) is 13.0. The number of aromatic nitrogens is 2. The predicted octanol–water partition coefficient (Wildman–Crippen LogP) is 3.29. The van der Waals surface area contributed by atoms with E-state index in [1.165, 1.54) is 24.3 Å². The lowest BCUT2D eigenvalue weighted by Crippen LogP contribution is -2.03. The number of hydrogen-bond donors (Lipinski definition) is 0. The molecule has 0 saturated heterocycles. The van der Waals surface area contributed by atoms with E-state index in [4.69, 9.17) is 0 Å². The number of carbonyl (C=O) groups excluding carboxylic acids is 1. The molecule has 94 valence electrons.